The van der Waals surface area contributed by atoms with Crippen LogP contribution < -0.4 is 0 Å². The Morgan fingerprint density at radius 1 is 1.11 bits per heavy atom. The Morgan fingerprint density at radius 2 is 1.83 bits per heavy atom. The van der Waals surface area contributed by atoms with E-state index < -0.39 is 5.97 Å². The molecule has 1 N–H and O–H groups in total. The van der Waals surface area contributed by atoms with Gasteiger partial charge in [0.1, 0.15) is 5.69 Å². The Morgan fingerprint density at radius 3 is 2.39 bits per heavy atom. The Balaban J connectivity index is 2.18. The molecular weight excluding hydrogens is 293 g/mol. The van der Waals surface area contributed by atoms with Crippen LogP contribution in [0.5, 0.6) is 0 Å². The number of rotatable bonds is 3. The molecule has 1 aromatic carbocycles. The Bertz CT molecular complexity index is 587. The van der Waals surface area contributed by atoms with Gasteiger partial charge in [-0.25, -0.2) is 9.78 Å². The Labute approximate surface area is 118 Å². The molecule has 0 atom stereocenters. The standard InChI is InChI=1S/C12H7Cl2NO2S/c13-9-3-1-7(5-10(9)14)18-8-2-4-11(12(16)17)15-6-8/h1-6H,(H,16,17). The maximum absolute atomic E-state index is 10.7. The van der Waals surface area contributed by atoms with E-state index in [4.69, 9.17) is 28.3 Å². The monoisotopic (exact) mass is 299 g/mol. The summed E-state index contributed by atoms with van der Waals surface area (Å²) in [5, 5.41) is 9.71. The summed E-state index contributed by atoms with van der Waals surface area (Å²) in [4.78, 5) is 16.2. The van der Waals surface area contributed by atoms with Gasteiger partial charge < -0.3 is 5.11 Å². The largest absolute Gasteiger partial charge is 0.477 e. The molecule has 6 heteroatoms. The molecule has 0 amide bonds. The van der Waals surface area contributed by atoms with E-state index in [9.17, 15) is 4.79 Å². The van der Waals surface area contributed by atoms with Gasteiger partial charge in [-0.05, 0) is 30.3 Å². The van der Waals surface area contributed by atoms with Gasteiger partial charge in [0.05, 0.1) is 10.0 Å². The summed E-state index contributed by atoms with van der Waals surface area (Å²) in [7, 11) is 0. The number of aromatic nitrogens is 1. The summed E-state index contributed by atoms with van der Waals surface area (Å²) in [6, 6.07) is 8.46. The van der Waals surface area contributed by atoms with E-state index in [-0.39, 0.29) is 5.69 Å². The molecule has 0 fully saturated rings. The van der Waals surface area contributed by atoms with Crippen LogP contribution in [-0.4, -0.2) is 16.1 Å². The highest BCUT2D eigenvalue weighted by Gasteiger charge is 2.05. The molecular formula is C12H7Cl2NO2S. The maximum atomic E-state index is 10.7. The third kappa shape index (κ3) is 3.16. The van der Waals surface area contributed by atoms with Crippen LogP contribution in [0.15, 0.2) is 46.3 Å². The average molecular weight is 300 g/mol. The van der Waals surface area contributed by atoms with Crippen molar-refractivity contribution in [3.63, 3.8) is 0 Å². The minimum absolute atomic E-state index is 0.0217. The zero-order valence-corrected chi connectivity index (χ0v) is 11.3. The van der Waals surface area contributed by atoms with Crippen LogP contribution >= 0.6 is 35.0 Å². The van der Waals surface area contributed by atoms with Gasteiger partial charge in [0.25, 0.3) is 0 Å². The van der Waals surface area contributed by atoms with Gasteiger partial charge in [-0.15, -0.1) is 0 Å². The average Bonchev–Trinajstić information content (AvgIpc) is 2.34. The van der Waals surface area contributed by atoms with E-state index in [2.05, 4.69) is 4.98 Å². The molecule has 0 spiro atoms. The first kappa shape index (κ1) is 13.2. The molecule has 92 valence electrons. The summed E-state index contributed by atoms with van der Waals surface area (Å²) in [5.74, 6) is -1.04. The number of carboxylic acid groups (broad SMARTS) is 1. The van der Waals surface area contributed by atoms with E-state index in [0.29, 0.717) is 10.0 Å². The first-order chi connectivity index (χ1) is 8.56. The summed E-state index contributed by atoms with van der Waals surface area (Å²) < 4.78 is 0. The molecule has 2 rings (SSSR count). The second-order valence-corrected chi connectivity index (χ2v) is 5.32. The zero-order valence-electron chi connectivity index (χ0n) is 8.93. The molecule has 0 unspecified atom stereocenters. The number of aromatic carboxylic acids is 1. The second kappa shape index (κ2) is 5.61. The van der Waals surface area contributed by atoms with Crippen molar-refractivity contribution in [3.8, 4) is 0 Å². The highest BCUT2D eigenvalue weighted by Crippen LogP contribution is 2.32. The summed E-state index contributed by atoms with van der Waals surface area (Å²) >= 11 is 13.2. The number of hydrogen-bond donors (Lipinski definition) is 1. The predicted octanol–water partition coefficient (Wildman–Crippen LogP) is 4.24. The Kier molecular flexibility index (Phi) is 4.11. The van der Waals surface area contributed by atoms with Crippen LogP contribution in [0, 0.1) is 0 Å². The van der Waals surface area contributed by atoms with Gasteiger partial charge >= 0.3 is 5.97 Å². The quantitative estimate of drug-likeness (QED) is 0.921. The van der Waals surface area contributed by atoms with Crippen LogP contribution in [0.1, 0.15) is 10.5 Å². The number of halogens is 2. The molecule has 1 heterocycles. The summed E-state index contributed by atoms with van der Waals surface area (Å²) in [6.07, 6.45) is 1.51. The second-order valence-electron chi connectivity index (χ2n) is 3.36. The number of carbonyl (C=O) groups is 1. The van der Waals surface area contributed by atoms with Crippen LogP contribution in [0.25, 0.3) is 0 Å². The van der Waals surface area contributed by atoms with Crippen molar-refractivity contribution < 1.29 is 9.90 Å². The van der Waals surface area contributed by atoms with Crippen LogP contribution in [-0.2, 0) is 0 Å². The fraction of sp³-hybridized carbons (Fsp3) is 0. The summed E-state index contributed by atoms with van der Waals surface area (Å²) in [5.41, 5.74) is 0.0217. The first-order valence-electron chi connectivity index (χ1n) is 4.88. The molecule has 3 nitrogen and oxygen atoms in total. The third-order valence-corrected chi connectivity index (χ3v) is 3.79. The van der Waals surface area contributed by atoms with E-state index in [1.165, 1.54) is 24.0 Å². The number of benzene rings is 1. The lowest BCUT2D eigenvalue weighted by atomic mass is 10.3. The SMILES string of the molecule is O=C(O)c1ccc(Sc2ccc(Cl)c(Cl)c2)cn1. The number of hydrogen-bond acceptors (Lipinski definition) is 3. The molecule has 0 aliphatic rings. The molecule has 0 aliphatic heterocycles. The van der Waals surface area contributed by atoms with Crippen molar-refractivity contribution in [1.29, 1.82) is 0 Å². The number of nitrogens with zero attached hydrogens (tertiary/aromatic N) is 1. The Hall–Kier alpha value is -1.23. The number of carboxylic acids is 1. The topological polar surface area (TPSA) is 50.2 Å². The first-order valence-corrected chi connectivity index (χ1v) is 6.46. The van der Waals surface area contributed by atoms with Gasteiger partial charge in [0, 0.05) is 16.0 Å². The lowest BCUT2D eigenvalue weighted by Crippen LogP contribution is -1.98. The third-order valence-electron chi connectivity index (χ3n) is 2.08. The molecule has 1 aromatic heterocycles. The van der Waals surface area contributed by atoms with Gasteiger partial charge in [-0.2, -0.15) is 0 Å². The summed E-state index contributed by atoms with van der Waals surface area (Å²) in [6.45, 7) is 0. The fourth-order valence-electron chi connectivity index (χ4n) is 1.24. The smallest absolute Gasteiger partial charge is 0.354 e. The van der Waals surface area contributed by atoms with Crippen LogP contribution in [0.3, 0.4) is 0 Å². The minimum Gasteiger partial charge on any atom is -0.477 e. The van der Waals surface area contributed by atoms with Crippen molar-refractivity contribution >= 4 is 40.9 Å². The molecule has 0 saturated heterocycles. The predicted molar refractivity (Wildman–Crippen MR) is 71.8 cm³/mol. The van der Waals surface area contributed by atoms with E-state index in [1.807, 2.05) is 6.07 Å². The molecule has 2 aromatic rings. The van der Waals surface area contributed by atoms with E-state index in [1.54, 1.807) is 18.2 Å². The van der Waals surface area contributed by atoms with Gasteiger partial charge in [0.2, 0.25) is 0 Å². The van der Waals surface area contributed by atoms with Crippen molar-refractivity contribution in [2.24, 2.45) is 0 Å². The van der Waals surface area contributed by atoms with Gasteiger partial charge in [0.15, 0.2) is 0 Å². The van der Waals surface area contributed by atoms with Gasteiger partial charge in [-0.1, -0.05) is 35.0 Å². The molecule has 18 heavy (non-hydrogen) atoms. The van der Waals surface area contributed by atoms with Gasteiger partial charge in [-0.3, -0.25) is 0 Å². The zero-order chi connectivity index (χ0) is 13.1. The molecule has 0 aliphatic carbocycles. The fourth-order valence-corrected chi connectivity index (χ4v) is 2.43. The van der Waals surface area contributed by atoms with Crippen molar-refractivity contribution in [2.45, 2.75) is 9.79 Å². The number of pyridine rings is 1. The van der Waals surface area contributed by atoms with Crippen molar-refractivity contribution in [2.75, 3.05) is 0 Å². The van der Waals surface area contributed by atoms with Crippen LogP contribution in [0.2, 0.25) is 10.0 Å². The highest BCUT2D eigenvalue weighted by atomic mass is 35.5. The normalized spacial score (nSPS) is 10.3. The molecule has 0 bridgehead atoms. The van der Waals surface area contributed by atoms with E-state index >= 15 is 0 Å². The molecule has 0 saturated carbocycles. The lowest BCUT2D eigenvalue weighted by molar-refractivity contribution is 0.0690. The minimum atomic E-state index is -1.04. The van der Waals surface area contributed by atoms with Crippen LogP contribution in [0.4, 0.5) is 0 Å². The lowest BCUT2D eigenvalue weighted by Gasteiger charge is -2.03. The molecule has 0 radical (unpaired) electrons. The maximum Gasteiger partial charge on any atom is 0.354 e. The van der Waals surface area contributed by atoms with Crippen molar-refractivity contribution in [1.82, 2.24) is 4.98 Å². The van der Waals surface area contributed by atoms with Crippen molar-refractivity contribution in [3.05, 3.63) is 52.3 Å². The van der Waals surface area contributed by atoms with E-state index in [0.717, 1.165) is 9.79 Å². The highest BCUT2D eigenvalue weighted by molar-refractivity contribution is 7.99.